The molecule has 7 heteroatoms. The van der Waals surface area contributed by atoms with Gasteiger partial charge in [-0.3, -0.25) is 5.10 Å². The predicted molar refractivity (Wildman–Crippen MR) is 57.8 cm³/mol. The topological polar surface area (TPSA) is 86.9 Å². The van der Waals surface area contributed by atoms with Crippen molar-refractivity contribution in [1.29, 1.82) is 0 Å². The Morgan fingerprint density at radius 1 is 1.53 bits per heavy atom. The molecule has 1 heterocycles. The molecule has 0 unspecified atom stereocenters. The van der Waals surface area contributed by atoms with E-state index in [1.165, 1.54) is 0 Å². The van der Waals surface area contributed by atoms with Crippen LogP contribution >= 0.6 is 0 Å². The molecule has 0 spiro atoms. The lowest BCUT2D eigenvalue weighted by Gasteiger charge is -2.05. The normalized spacial score (nSPS) is 11.8. The van der Waals surface area contributed by atoms with Crippen molar-refractivity contribution in [3.05, 3.63) is 18.0 Å². The van der Waals surface area contributed by atoms with Crippen LogP contribution in [0.3, 0.4) is 0 Å². The molecule has 6 nitrogen and oxygen atoms in total. The van der Waals surface area contributed by atoms with Crippen molar-refractivity contribution < 1.29 is 8.42 Å². The van der Waals surface area contributed by atoms with Crippen LogP contribution in [0.25, 0.3) is 0 Å². The summed E-state index contributed by atoms with van der Waals surface area (Å²) in [5.41, 5.74) is 0.941. The van der Waals surface area contributed by atoms with E-state index in [0.717, 1.165) is 5.69 Å². The van der Waals surface area contributed by atoms with Gasteiger partial charge in [-0.15, -0.1) is 0 Å². The fourth-order valence-corrected chi connectivity index (χ4v) is 2.10. The summed E-state index contributed by atoms with van der Waals surface area (Å²) in [7, 11) is -3.11. The van der Waals surface area contributed by atoms with E-state index in [2.05, 4.69) is 20.2 Å². The Hall–Kier alpha value is -0.920. The molecule has 0 aliphatic rings. The van der Waals surface area contributed by atoms with Gasteiger partial charge in [-0.25, -0.2) is 13.1 Å². The van der Waals surface area contributed by atoms with E-state index in [1.807, 2.05) is 6.07 Å². The number of hydrogen-bond donors (Lipinski definition) is 3. The molecule has 0 amide bonds. The highest BCUT2D eigenvalue weighted by atomic mass is 32.2. The summed E-state index contributed by atoms with van der Waals surface area (Å²) < 4.78 is 24.9. The molecule has 1 aromatic heterocycles. The van der Waals surface area contributed by atoms with Crippen molar-refractivity contribution >= 4 is 10.0 Å². The Balaban J connectivity index is 2.17. The minimum Gasteiger partial charge on any atom is -0.310 e. The van der Waals surface area contributed by atoms with Crippen LogP contribution < -0.4 is 10.0 Å². The lowest BCUT2D eigenvalue weighted by atomic mass is 10.4. The monoisotopic (exact) mass is 232 g/mol. The molecule has 0 saturated carbocycles. The van der Waals surface area contributed by atoms with Crippen LogP contribution in [0.15, 0.2) is 12.3 Å². The first-order chi connectivity index (χ1) is 7.14. The summed E-state index contributed by atoms with van der Waals surface area (Å²) in [5.74, 6) is 0.0922. The smallest absolute Gasteiger partial charge is 0.212 e. The van der Waals surface area contributed by atoms with Crippen LogP contribution in [-0.4, -0.2) is 37.5 Å². The Kier molecular flexibility index (Phi) is 4.73. The van der Waals surface area contributed by atoms with Crippen molar-refractivity contribution in [2.45, 2.75) is 13.5 Å². The molecule has 0 fully saturated rings. The maximum absolute atomic E-state index is 11.2. The number of H-pyrrole nitrogens is 1. The molecular formula is C8H16N4O2S. The van der Waals surface area contributed by atoms with Gasteiger partial charge in [0.2, 0.25) is 10.0 Å². The minimum atomic E-state index is -3.11. The quantitative estimate of drug-likeness (QED) is 0.550. The molecule has 86 valence electrons. The van der Waals surface area contributed by atoms with Crippen LogP contribution in [0.5, 0.6) is 0 Å². The van der Waals surface area contributed by atoms with Crippen LogP contribution in [0.1, 0.15) is 12.6 Å². The summed E-state index contributed by atoms with van der Waals surface area (Å²) in [6.07, 6.45) is 1.66. The molecule has 1 rings (SSSR count). The summed E-state index contributed by atoms with van der Waals surface area (Å²) in [6, 6.07) is 1.84. The van der Waals surface area contributed by atoms with Gasteiger partial charge in [-0.2, -0.15) is 5.10 Å². The summed E-state index contributed by atoms with van der Waals surface area (Å²) >= 11 is 0. The number of hydrogen-bond acceptors (Lipinski definition) is 4. The van der Waals surface area contributed by atoms with Crippen LogP contribution in [0.4, 0.5) is 0 Å². The minimum absolute atomic E-state index is 0.0922. The van der Waals surface area contributed by atoms with Gasteiger partial charge in [-0.05, 0) is 6.07 Å². The van der Waals surface area contributed by atoms with Crippen LogP contribution in [-0.2, 0) is 16.6 Å². The number of aromatic amines is 1. The van der Waals surface area contributed by atoms with Gasteiger partial charge in [-0.1, -0.05) is 6.92 Å². The van der Waals surface area contributed by atoms with Gasteiger partial charge in [0.05, 0.1) is 5.75 Å². The molecule has 15 heavy (non-hydrogen) atoms. The van der Waals surface area contributed by atoms with Crippen molar-refractivity contribution in [2.75, 3.05) is 18.8 Å². The zero-order valence-electron chi connectivity index (χ0n) is 8.66. The largest absolute Gasteiger partial charge is 0.310 e. The third-order valence-electron chi connectivity index (χ3n) is 1.79. The first-order valence-corrected chi connectivity index (χ1v) is 6.45. The molecule has 0 saturated heterocycles. The predicted octanol–water partition coefficient (Wildman–Crippen LogP) is -0.561. The zero-order valence-corrected chi connectivity index (χ0v) is 9.47. The van der Waals surface area contributed by atoms with Crippen molar-refractivity contribution in [3.8, 4) is 0 Å². The second-order valence-electron chi connectivity index (χ2n) is 3.08. The van der Waals surface area contributed by atoms with E-state index in [4.69, 9.17) is 0 Å². The van der Waals surface area contributed by atoms with E-state index in [1.54, 1.807) is 13.1 Å². The van der Waals surface area contributed by atoms with Crippen molar-refractivity contribution in [3.63, 3.8) is 0 Å². The lowest BCUT2D eigenvalue weighted by Crippen LogP contribution is -2.31. The van der Waals surface area contributed by atoms with Crippen LogP contribution in [0.2, 0.25) is 0 Å². The molecule has 0 aromatic carbocycles. The summed E-state index contributed by atoms with van der Waals surface area (Å²) in [5, 5.41) is 9.58. The van der Waals surface area contributed by atoms with E-state index >= 15 is 0 Å². The second kappa shape index (κ2) is 5.84. The summed E-state index contributed by atoms with van der Waals surface area (Å²) in [4.78, 5) is 0. The first-order valence-electron chi connectivity index (χ1n) is 4.80. The average molecular weight is 232 g/mol. The van der Waals surface area contributed by atoms with E-state index in [-0.39, 0.29) is 5.75 Å². The van der Waals surface area contributed by atoms with Gasteiger partial charge in [0, 0.05) is 31.5 Å². The maximum atomic E-state index is 11.2. The van der Waals surface area contributed by atoms with Gasteiger partial charge in [0.1, 0.15) is 0 Å². The molecule has 0 bridgehead atoms. The zero-order chi connectivity index (χ0) is 11.1. The number of aromatic nitrogens is 2. The third-order valence-corrected chi connectivity index (χ3v) is 3.26. The van der Waals surface area contributed by atoms with E-state index < -0.39 is 10.0 Å². The Bertz CT molecular complexity index is 360. The number of nitrogens with one attached hydrogen (secondary N) is 3. The molecule has 0 atom stereocenters. The van der Waals surface area contributed by atoms with E-state index in [0.29, 0.717) is 19.6 Å². The molecule has 0 radical (unpaired) electrons. The molecule has 3 N–H and O–H groups in total. The van der Waals surface area contributed by atoms with Gasteiger partial charge < -0.3 is 5.32 Å². The third kappa shape index (κ3) is 4.91. The van der Waals surface area contributed by atoms with Crippen molar-refractivity contribution in [1.82, 2.24) is 20.2 Å². The number of nitrogens with zero attached hydrogens (tertiary/aromatic N) is 1. The second-order valence-corrected chi connectivity index (χ2v) is 5.00. The summed E-state index contributed by atoms with van der Waals surface area (Å²) in [6.45, 7) is 3.22. The Morgan fingerprint density at radius 2 is 2.33 bits per heavy atom. The fourth-order valence-electron chi connectivity index (χ4n) is 1.10. The van der Waals surface area contributed by atoms with Crippen molar-refractivity contribution in [2.24, 2.45) is 0 Å². The molecule has 0 aliphatic carbocycles. The maximum Gasteiger partial charge on any atom is 0.212 e. The fraction of sp³-hybridized carbons (Fsp3) is 0.625. The standard InChI is InChI=1S/C8H16N4O2S/c1-2-11-15(13,14)6-5-9-7-8-3-4-10-12-8/h3-4,9,11H,2,5-7H2,1H3,(H,10,12). The average Bonchev–Trinajstić information content (AvgIpc) is 2.65. The molecule has 1 aromatic rings. The van der Waals surface area contributed by atoms with Gasteiger partial charge in [0.25, 0.3) is 0 Å². The van der Waals surface area contributed by atoms with Gasteiger partial charge >= 0.3 is 0 Å². The number of rotatable bonds is 7. The van der Waals surface area contributed by atoms with E-state index in [9.17, 15) is 8.42 Å². The SMILES string of the molecule is CCNS(=O)(=O)CCNCc1ccn[nH]1. The van der Waals surface area contributed by atoms with Crippen LogP contribution in [0, 0.1) is 0 Å². The molecule has 0 aliphatic heterocycles. The highest BCUT2D eigenvalue weighted by molar-refractivity contribution is 7.89. The van der Waals surface area contributed by atoms with Gasteiger partial charge in [0.15, 0.2) is 0 Å². The first kappa shape index (κ1) is 12.2. The highest BCUT2D eigenvalue weighted by Gasteiger charge is 2.06. The molecular weight excluding hydrogens is 216 g/mol. The Labute approximate surface area is 89.5 Å². The highest BCUT2D eigenvalue weighted by Crippen LogP contribution is 1.89. The number of sulfonamides is 1. The Morgan fingerprint density at radius 3 is 2.93 bits per heavy atom. The lowest BCUT2D eigenvalue weighted by molar-refractivity contribution is 0.578.